The number of benzene rings is 1. The number of carboxylic acids is 1. The summed E-state index contributed by atoms with van der Waals surface area (Å²) in [7, 11) is 0. The fourth-order valence-electron chi connectivity index (χ4n) is 4.80. The summed E-state index contributed by atoms with van der Waals surface area (Å²) in [6.07, 6.45) is 3.24. The van der Waals surface area contributed by atoms with Crippen LogP contribution in [0.5, 0.6) is 0 Å². The number of aliphatic hydroxyl groups excluding tert-OH is 2. The second-order valence-corrected chi connectivity index (χ2v) is 9.74. The summed E-state index contributed by atoms with van der Waals surface area (Å²) >= 11 is 0. The number of rotatable bonds is 11. The van der Waals surface area contributed by atoms with Gasteiger partial charge in [-0.25, -0.2) is 9.07 Å². The zero-order valence-electron chi connectivity index (χ0n) is 20.4. The first kappa shape index (κ1) is 26.8. The lowest BCUT2D eigenvalue weighted by atomic mass is 9.94. The van der Waals surface area contributed by atoms with Crippen molar-refractivity contribution >= 4 is 11.9 Å². The quantitative estimate of drug-likeness (QED) is 0.381. The number of nitrogens with one attached hydrogen (secondary N) is 1. The second kappa shape index (κ2) is 12.3. The molecule has 192 valence electrons. The Bertz CT molecular complexity index is 999. The summed E-state index contributed by atoms with van der Waals surface area (Å²) in [6.45, 7) is 3.94. The van der Waals surface area contributed by atoms with E-state index in [1.807, 2.05) is 13.8 Å². The van der Waals surface area contributed by atoms with Crippen LogP contribution in [0.3, 0.4) is 0 Å². The Balaban J connectivity index is 1.90. The predicted octanol–water partition coefficient (Wildman–Crippen LogP) is 3.72. The summed E-state index contributed by atoms with van der Waals surface area (Å²) in [5, 5.41) is 36.9. The molecular weight excluding hydrogens is 453 g/mol. The molecule has 1 heterocycles. The molecule has 0 saturated heterocycles. The number of hydrogen-bond donors (Lipinski definition) is 4. The van der Waals surface area contributed by atoms with Crippen LogP contribution in [0.1, 0.15) is 92.9 Å². The van der Waals surface area contributed by atoms with E-state index in [1.54, 1.807) is 16.8 Å². The molecule has 9 heteroatoms. The standard InChI is InChI=1S/C26H36FN3O5/c1-16(2)24-22(13-12-20(31)14-21(32)15-23(33)34)30(19-10-8-17(27)9-11-19)29-25(24)26(35)28-18-6-4-3-5-7-18/h8-11,16,18,20-21,31-32H,3-7,12-15H2,1-2H3,(H,28,35)(H,33,34)/t20-,21-/m1/s1. The molecular formula is C26H36FN3O5. The number of amides is 1. The molecule has 8 nitrogen and oxygen atoms in total. The third-order valence-electron chi connectivity index (χ3n) is 6.49. The van der Waals surface area contributed by atoms with E-state index in [2.05, 4.69) is 10.4 Å². The molecule has 0 unspecified atom stereocenters. The van der Waals surface area contributed by atoms with E-state index in [9.17, 15) is 24.2 Å². The molecule has 3 rings (SSSR count). The van der Waals surface area contributed by atoms with Crippen LogP contribution in [0.15, 0.2) is 24.3 Å². The first-order valence-corrected chi connectivity index (χ1v) is 12.4. The lowest BCUT2D eigenvalue weighted by Crippen LogP contribution is -2.36. The number of hydrogen-bond acceptors (Lipinski definition) is 5. The van der Waals surface area contributed by atoms with Gasteiger partial charge in [-0.3, -0.25) is 9.59 Å². The van der Waals surface area contributed by atoms with Gasteiger partial charge in [-0.05, 0) is 62.3 Å². The van der Waals surface area contributed by atoms with Crippen molar-refractivity contribution in [3.8, 4) is 5.69 Å². The highest BCUT2D eigenvalue weighted by Gasteiger charge is 2.28. The second-order valence-electron chi connectivity index (χ2n) is 9.74. The monoisotopic (exact) mass is 489 g/mol. The minimum atomic E-state index is -1.15. The number of aliphatic carboxylic acids is 1. The first-order valence-electron chi connectivity index (χ1n) is 12.4. The topological polar surface area (TPSA) is 125 Å². The maximum Gasteiger partial charge on any atom is 0.305 e. The van der Waals surface area contributed by atoms with Crippen LogP contribution in [0.25, 0.3) is 5.69 Å². The van der Waals surface area contributed by atoms with Crippen molar-refractivity contribution in [3.63, 3.8) is 0 Å². The van der Waals surface area contributed by atoms with Gasteiger partial charge in [-0.2, -0.15) is 5.10 Å². The molecule has 2 atom stereocenters. The van der Waals surface area contributed by atoms with Gasteiger partial charge in [0.1, 0.15) is 5.82 Å². The Morgan fingerprint density at radius 1 is 1.11 bits per heavy atom. The van der Waals surface area contributed by atoms with Crippen molar-refractivity contribution in [1.29, 1.82) is 0 Å². The van der Waals surface area contributed by atoms with Gasteiger partial charge in [0.15, 0.2) is 5.69 Å². The Hall–Kier alpha value is -2.78. The largest absolute Gasteiger partial charge is 0.481 e. The minimum absolute atomic E-state index is 0.0407. The Morgan fingerprint density at radius 2 is 1.77 bits per heavy atom. The number of carbonyl (C=O) groups is 2. The molecule has 0 aliphatic heterocycles. The van der Waals surface area contributed by atoms with E-state index in [0.29, 0.717) is 17.8 Å². The van der Waals surface area contributed by atoms with Gasteiger partial charge >= 0.3 is 5.97 Å². The molecule has 0 bridgehead atoms. The Labute approximate surface area is 205 Å². The smallest absolute Gasteiger partial charge is 0.305 e. The number of halogens is 1. The molecule has 2 aromatic rings. The van der Waals surface area contributed by atoms with Gasteiger partial charge in [0.05, 0.1) is 24.3 Å². The highest BCUT2D eigenvalue weighted by Crippen LogP contribution is 2.29. The summed E-state index contributed by atoms with van der Waals surface area (Å²) in [4.78, 5) is 24.1. The van der Waals surface area contributed by atoms with E-state index < -0.39 is 24.6 Å². The maximum atomic E-state index is 13.6. The SMILES string of the molecule is CC(C)c1c(C(=O)NC2CCCCC2)nn(-c2ccc(F)cc2)c1CC[C@@H](O)C[C@@H](O)CC(=O)O. The van der Waals surface area contributed by atoms with Crippen LogP contribution >= 0.6 is 0 Å². The molecule has 1 aromatic heterocycles. The molecule has 0 radical (unpaired) electrons. The average molecular weight is 490 g/mol. The van der Waals surface area contributed by atoms with Gasteiger partial charge in [0.2, 0.25) is 0 Å². The fourth-order valence-corrected chi connectivity index (χ4v) is 4.80. The summed E-state index contributed by atoms with van der Waals surface area (Å²) in [6, 6.07) is 5.95. The molecule has 35 heavy (non-hydrogen) atoms. The highest BCUT2D eigenvalue weighted by atomic mass is 19.1. The summed E-state index contributed by atoms with van der Waals surface area (Å²) < 4.78 is 15.2. The van der Waals surface area contributed by atoms with Gasteiger partial charge in [0, 0.05) is 17.3 Å². The normalized spacial score (nSPS) is 16.3. The molecule has 4 N–H and O–H groups in total. The van der Waals surface area contributed by atoms with Crippen molar-refractivity contribution in [1.82, 2.24) is 15.1 Å². The molecule has 1 aliphatic carbocycles. The number of carboxylic acid groups (broad SMARTS) is 1. The van der Waals surface area contributed by atoms with Crippen molar-refractivity contribution in [2.24, 2.45) is 0 Å². The fraction of sp³-hybridized carbons (Fsp3) is 0.577. The Morgan fingerprint density at radius 3 is 2.37 bits per heavy atom. The van der Waals surface area contributed by atoms with E-state index >= 15 is 0 Å². The van der Waals surface area contributed by atoms with E-state index in [0.717, 1.165) is 36.9 Å². The van der Waals surface area contributed by atoms with Crippen molar-refractivity contribution in [2.45, 2.75) is 95.8 Å². The van der Waals surface area contributed by atoms with Crippen molar-refractivity contribution in [2.75, 3.05) is 0 Å². The third-order valence-corrected chi connectivity index (χ3v) is 6.49. The molecule has 1 saturated carbocycles. The van der Waals surface area contributed by atoms with E-state index in [4.69, 9.17) is 5.11 Å². The molecule has 1 amide bonds. The minimum Gasteiger partial charge on any atom is -0.481 e. The van der Waals surface area contributed by atoms with Crippen LogP contribution in [-0.4, -0.2) is 55.2 Å². The number of aromatic nitrogens is 2. The van der Waals surface area contributed by atoms with E-state index in [1.165, 1.54) is 18.6 Å². The van der Waals surface area contributed by atoms with Crippen LogP contribution in [0, 0.1) is 5.82 Å². The lowest BCUT2D eigenvalue weighted by Gasteiger charge is -2.22. The Kier molecular flexibility index (Phi) is 9.40. The van der Waals surface area contributed by atoms with Gasteiger partial charge in [-0.1, -0.05) is 33.1 Å². The first-order chi connectivity index (χ1) is 16.7. The molecule has 0 spiro atoms. The maximum absolute atomic E-state index is 13.6. The predicted molar refractivity (Wildman–Crippen MR) is 129 cm³/mol. The number of carbonyl (C=O) groups excluding carboxylic acids is 1. The molecule has 1 fully saturated rings. The van der Waals surface area contributed by atoms with Crippen LogP contribution in [-0.2, 0) is 11.2 Å². The number of nitrogens with zero attached hydrogens (tertiary/aromatic N) is 2. The van der Waals surface area contributed by atoms with Crippen LogP contribution < -0.4 is 5.32 Å². The molecule has 1 aliphatic rings. The summed E-state index contributed by atoms with van der Waals surface area (Å²) in [5.74, 6) is -1.79. The van der Waals surface area contributed by atoms with Crippen molar-refractivity contribution < 1.29 is 29.3 Å². The van der Waals surface area contributed by atoms with Crippen molar-refractivity contribution in [3.05, 3.63) is 47.0 Å². The zero-order valence-corrected chi connectivity index (χ0v) is 20.4. The zero-order chi connectivity index (χ0) is 25.5. The molecule has 1 aromatic carbocycles. The highest BCUT2D eigenvalue weighted by molar-refractivity contribution is 5.94. The van der Waals surface area contributed by atoms with Gasteiger partial charge < -0.3 is 20.6 Å². The summed E-state index contributed by atoms with van der Waals surface area (Å²) in [5.41, 5.74) is 2.42. The van der Waals surface area contributed by atoms with E-state index in [-0.39, 0.29) is 36.5 Å². The van der Waals surface area contributed by atoms with Crippen LogP contribution in [0.4, 0.5) is 4.39 Å². The number of aliphatic hydroxyl groups is 2. The van der Waals surface area contributed by atoms with Gasteiger partial charge in [-0.15, -0.1) is 0 Å². The third kappa shape index (κ3) is 7.35. The average Bonchev–Trinajstić information content (AvgIpc) is 3.18. The van der Waals surface area contributed by atoms with Crippen LogP contribution in [0.2, 0.25) is 0 Å². The van der Waals surface area contributed by atoms with Gasteiger partial charge in [0.25, 0.3) is 5.91 Å². The lowest BCUT2D eigenvalue weighted by molar-refractivity contribution is -0.139.